The van der Waals surface area contributed by atoms with Gasteiger partial charge in [-0.2, -0.15) is 0 Å². The molecule has 1 aromatic carbocycles. The van der Waals surface area contributed by atoms with Crippen molar-refractivity contribution in [3.63, 3.8) is 0 Å². The van der Waals surface area contributed by atoms with Crippen LogP contribution in [0.1, 0.15) is 44.1 Å². The molecule has 1 aromatic rings. The smallest absolute Gasteiger partial charge is 0.226 e. The molecular formula is C22H30N2O5. The number of carbonyl (C=O) groups excluding carboxylic acids is 1. The highest BCUT2D eigenvalue weighted by Gasteiger charge is 2.43. The van der Waals surface area contributed by atoms with Crippen molar-refractivity contribution in [3.8, 4) is 5.75 Å². The molecule has 2 fully saturated rings. The van der Waals surface area contributed by atoms with Crippen molar-refractivity contribution in [1.29, 1.82) is 0 Å². The van der Waals surface area contributed by atoms with E-state index < -0.39 is 5.41 Å². The lowest BCUT2D eigenvalue weighted by molar-refractivity contribution is -0.140. The Balaban J connectivity index is 1.37. The number of carbonyl (C=O) groups is 1. The third kappa shape index (κ3) is 4.73. The maximum Gasteiger partial charge on any atom is 0.226 e. The van der Waals surface area contributed by atoms with Gasteiger partial charge in [0.15, 0.2) is 0 Å². The zero-order valence-electron chi connectivity index (χ0n) is 17.0. The summed E-state index contributed by atoms with van der Waals surface area (Å²) in [7, 11) is 1.65. The molecule has 1 N–H and O–H groups in total. The Morgan fingerprint density at radius 1 is 1.21 bits per heavy atom. The molecule has 0 radical (unpaired) electrons. The summed E-state index contributed by atoms with van der Waals surface area (Å²) in [5.74, 6) is 0.909. The standard InChI is InChI=1S/C22H30N2O5/c1-26-17-6-4-16(5-7-17)20-13-19(29-24-20)14-22(8-11-27-12-9-22)21(25)23-15-18-3-2-10-28-18/h4-7,18-19H,2-3,8-15H2,1H3,(H,23,25). The van der Waals surface area contributed by atoms with E-state index in [4.69, 9.17) is 19.0 Å². The molecule has 29 heavy (non-hydrogen) atoms. The predicted molar refractivity (Wildman–Crippen MR) is 108 cm³/mol. The van der Waals surface area contributed by atoms with E-state index in [0.717, 1.165) is 36.5 Å². The molecule has 0 saturated carbocycles. The lowest BCUT2D eigenvalue weighted by atomic mass is 9.74. The third-order valence-corrected chi connectivity index (χ3v) is 6.22. The summed E-state index contributed by atoms with van der Waals surface area (Å²) in [6.07, 6.45) is 4.90. The van der Waals surface area contributed by atoms with Crippen molar-refractivity contribution in [1.82, 2.24) is 5.32 Å². The zero-order chi connectivity index (χ0) is 20.1. The van der Waals surface area contributed by atoms with Gasteiger partial charge in [0.05, 0.1) is 24.3 Å². The second kappa shape index (κ2) is 9.13. The number of hydrogen-bond donors (Lipinski definition) is 1. The minimum Gasteiger partial charge on any atom is -0.497 e. The van der Waals surface area contributed by atoms with Crippen molar-refractivity contribution >= 4 is 11.6 Å². The normalized spacial score (nSPS) is 25.9. The first-order valence-electron chi connectivity index (χ1n) is 10.5. The van der Waals surface area contributed by atoms with Crippen molar-refractivity contribution in [2.24, 2.45) is 10.6 Å². The van der Waals surface area contributed by atoms with Gasteiger partial charge in [-0.25, -0.2) is 0 Å². The Morgan fingerprint density at radius 3 is 2.69 bits per heavy atom. The second-order valence-corrected chi connectivity index (χ2v) is 8.14. The van der Waals surface area contributed by atoms with E-state index in [9.17, 15) is 4.79 Å². The van der Waals surface area contributed by atoms with Crippen LogP contribution in [0.15, 0.2) is 29.4 Å². The van der Waals surface area contributed by atoms with E-state index in [1.165, 1.54) is 0 Å². The van der Waals surface area contributed by atoms with Gasteiger partial charge in [0.2, 0.25) is 5.91 Å². The number of ether oxygens (including phenoxy) is 3. The van der Waals surface area contributed by atoms with Crippen LogP contribution in [0.3, 0.4) is 0 Å². The third-order valence-electron chi connectivity index (χ3n) is 6.22. The largest absolute Gasteiger partial charge is 0.497 e. The molecule has 0 spiro atoms. The molecule has 0 aromatic heterocycles. The number of rotatable bonds is 7. The van der Waals surface area contributed by atoms with Crippen LogP contribution in [0.25, 0.3) is 0 Å². The zero-order valence-corrected chi connectivity index (χ0v) is 17.0. The number of amides is 1. The summed E-state index contributed by atoms with van der Waals surface area (Å²) in [4.78, 5) is 18.9. The molecule has 0 bridgehead atoms. The molecule has 4 rings (SSSR count). The summed E-state index contributed by atoms with van der Waals surface area (Å²) in [6, 6.07) is 7.82. The van der Waals surface area contributed by atoms with E-state index in [-0.39, 0.29) is 18.1 Å². The summed E-state index contributed by atoms with van der Waals surface area (Å²) in [5, 5.41) is 7.44. The van der Waals surface area contributed by atoms with Crippen LogP contribution in [-0.2, 0) is 19.1 Å². The Bertz CT molecular complexity index is 721. The average molecular weight is 402 g/mol. The highest BCUT2D eigenvalue weighted by Crippen LogP contribution is 2.38. The maximum atomic E-state index is 13.2. The van der Waals surface area contributed by atoms with E-state index >= 15 is 0 Å². The molecule has 7 heteroatoms. The summed E-state index contributed by atoms with van der Waals surface area (Å²) in [5.41, 5.74) is 1.48. The van der Waals surface area contributed by atoms with E-state index in [2.05, 4.69) is 10.5 Å². The van der Waals surface area contributed by atoms with Crippen LogP contribution in [0.4, 0.5) is 0 Å². The molecule has 3 heterocycles. The fraction of sp³-hybridized carbons (Fsp3) is 0.636. The van der Waals surface area contributed by atoms with Crippen molar-refractivity contribution in [2.45, 2.75) is 50.7 Å². The monoisotopic (exact) mass is 402 g/mol. The van der Waals surface area contributed by atoms with E-state index in [1.807, 2.05) is 24.3 Å². The van der Waals surface area contributed by atoms with Crippen LogP contribution in [-0.4, -0.2) is 57.3 Å². The molecule has 2 atom stereocenters. The van der Waals surface area contributed by atoms with Gasteiger partial charge in [0.1, 0.15) is 11.9 Å². The number of hydrogen-bond acceptors (Lipinski definition) is 6. The molecule has 7 nitrogen and oxygen atoms in total. The molecule has 0 aliphatic carbocycles. The van der Waals surface area contributed by atoms with E-state index in [0.29, 0.717) is 45.4 Å². The summed E-state index contributed by atoms with van der Waals surface area (Å²) < 4.78 is 16.4. The number of nitrogens with one attached hydrogen (secondary N) is 1. The highest BCUT2D eigenvalue weighted by atomic mass is 16.6. The number of oxime groups is 1. The van der Waals surface area contributed by atoms with Gasteiger partial charge < -0.3 is 24.4 Å². The van der Waals surface area contributed by atoms with Gasteiger partial charge in [-0.3, -0.25) is 4.79 Å². The van der Waals surface area contributed by atoms with Gasteiger partial charge in [0, 0.05) is 39.2 Å². The SMILES string of the molecule is COc1ccc(C2=NOC(CC3(C(=O)NCC4CCCO4)CCOCC3)C2)cc1. The molecule has 1 amide bonds. The first-order valence-corrected chi connectivity index (χ1v) is 10.5. The fourth-order valence-corrected chi connectivity index (χ4v) is 4.41. The summed E-state index contributed by atoms with van der Waals surface area (Å²) >= 11 is 0. The van der Waals surface area contributed by atoms with Gasteiger partial charge >= 0.3 is 0 Å². The molecule has 158 valence electrons. The van der Waals surface area contributed by atoms with Gasteiger partial charge in [-0.15, -0.1) is 0 Å². The Kier molecular flexibility index (Phi) is 6.35. The average Bonchev–Trinajstić information content (AvgIpc) is 3.45. The number of nitrogens with zero attached hydrogens (tertiary/aromatic N) is 1. The lowest BCUT2D eigenvalue weighted by Gasteiger charge is -2.37. The Labute approximate surface area is 171 Å². The minimum atomic E-state index is -0.466. The molecule has 3 aliphatic heterocycles. The highest BCUT2D eigenvalue weighted by molar-refractivity contribution is 6.01. The minimum absolute atomic E-state index is 0.0952. The first-order chi connectivity index (χ1) is 14.2. The molecular weight excluding hydrogens is 372 g/mol. The number of methoxy groups -OCH3 is 1. The molecule has 2 unspecified atom stereocenters. The van der Waals surface area contributed by atoms with Crippen molar-refractivity contribution < 1.29 is 23.8 Å². The van der Waals surface area contributed by atoms with Crippen LogP contribution in [0.5, 0.6) is 5.75 Å². The topological polar surface area (TPSA) is 78.4 Å². The molecule has 2 saturated heterocycles. The Hall–Kier alpha value is -2.12. The fourth-order valence-electron chi connectivity index (χ4n) is 4.41. The van der Waals surface area contributed by atoms with Crippen LogP contribution in [0.2, 0.25) is 0 Å². The Morgan fingerprint density at radius 2 is 2.00 bits per heavy atom. The number of benzene rings is 1. The van der Waals surface area contributed by atoms with Crippen molar-refractivity contribution in [3.05, 3.63) is 29.8 Å². The van der Waals surface area contributed by atoms with Crippen molar-refractivity contribution in [2.75, 3.05) is 33.5 Å². The van der Waals surface area contributed by atoms with Gasteiger partial charge in [-0.1, -0.05) is 5.16 Å². The van der Waals surface area contributed by atoms with Crippen LogP contribution >= 0.6 is 0 Å². The van der Waals surface area contributed by atoms with E-state index in [1.54, 1.807) is 7.11 Å². The summed E-state index contributed by atoms with van der Waals surface area (Å²) in [6.45, 7) is 2.58. The van der Waals surface area contributed by atoms with Gasteiger partial charge in [0.25, 0.3) is 0 Å². The van der Waals surface area contributed by atoms with Gasteiger partial charge in [-0.05, 0) is 55.5 Å². The first kappa shape index (κ1) is 20.2. The predicted octanol–water partition coefficient (Wildman–Crippen LogP) is 2.67. The maximum absolute atomic E-state index is 13.2. The second-order valence-electron chi connectivity index (χ2n) is 8.14. The lowest BCUT2D eigenvalue weighted by Crippen LogP contribution is -2.48. The molecule has 3 aliphatic rings. The quantitative estimate of drug-likeness (QED) is 0.759. The van der Waals surface area contributed by atoms with Crippen LogP contribution in [0, 0.1) is 5.41 Å². The van der Waals surface area contributed by atoms with Crippen LogP contribution < -0.4 is 10.1 Å².